The van der Waals surface area contributed by atoms with Crippen LogP contribution >= 0.6 is 0 Å². The van der Waals surface area contributed by atoms with Crippen molar-refractivity contribution < 1.29 is 44.3 Å². The van der Waals surface area contributed by atoms with E-state index in [9.17, 15) is 30.7 Å². The van der Waals surface area contributed by atoms with Gasteiger partial charge in [0.2, 0.25) is 10.7 Å². The molecule has 0 atom stereocenters. The monoisotopic (exact) mass is 1040 g/mol. The average molecular weight is 1040 g/mol. The predicted molar refractivity (Wildman–Crippen MR) is 294 cm³/mol. The zero-order valence-corrected chi connectivity index (χ0v) is 44.6. The fourth-order valence-corrected chi connectivity index (χ4v) is 11.6. The van der Waals surface area contributed by atoms with Gasteiger partial charge in [-0.1, -0.05) is 36.4 Å². The van der Waals surface area contributed by atoms with Gasteiger partial charge in [-0.2, -0.15) is 16.8 Å². The van der Waals surface area contributed by atoms with E-state index in [0.29, 0.717) is 69.0 Å². The summed E-state index contributed by atoms with van der Waals surface area (Å²) < 4.78 is 94.8. The van der Waals surface area contributed by atoms with Crippen LogP contribution in [0.4, 0.5) is 11.4 Å². The second-order valence-electron chi connectivity index (χ2n) is 18.3. The molecule has 0 radical (unpaired) electrons. The van der Waals surface area contributed by atoms with Gasteiger partial charge in [0.25, 0.3) is 20.2 Å². The van der Waals surface area contributed by atoms with E-state index >= 15 is 0 Å². The van der Waals surface area contributed by atoms with Crippen molar-refractivity contribution in [3.8, 4) is 44.9 Å². The van der Waals surface area contributed by atoms with Gasteiger partial charge in [0.1, 0.15) is 65.3 Å². The molecule has 2 aliphatic carbocycles. The maximum Gasteiger partial charge on any atom is 0.302 e. The van der Waals surface area contributed by atoms with E-state index in [1.165, 1.54) is 19.1 Å². The van der Waals surface area contributed by atoms with Crippen LogP contribution in [0.15, 0.2) is 140 Å². The quantitative estimate of drug-likeness (QED) is 0.0230. The van der Waals surface area contributed by atoms with Crippen LogP contribution in [-0.4, -0.2) is 90.9 Å². The fraction of sp³-hybridized carbons (Fsp3) is 0.328. The van der Waals surface area contributed by atoms with Crippen LogP contribution in [-0.2, 0) is 29.8 Å². The lowest BCUT2D eigenvalue weighted by atomic mass is 9.93. The number of carbonyl (C=O) groups excluding carboxylic acids is 1. The number of rotatable bonds is 21. The summed E-state index contributed by atoms with van der Waals surface area (Å²) >= 11 is 0. The first-order chi connectivity index (χ1) is 35.6. The van der Waals surface area contributed by atoms with Gasteiger partial charge >= 0.3 is 5.97 Å². The minimum Gasteiger partial charge on any atom is -0.464 e. The molecule has 388 valence electrons. The highest BCUT2D eigenvalue weighted by molar-refractivity contribution is 7.86. The Bertz CT molecular complexity index is 3660. The van der Waals surface area contributed by atoms with Gasteiger partial charge in [-0.3, -0.25) is 13.9 Å². The molecule has 0 fully saturated rings. The van der Waals surface area contributed by atoms with Crippen molar-refractivity contribution >= 4 is 59.5 Å². The first-order valence-electron chi connectivity index (χ1n) is 25.5. The lowest BCUT2D eigenvalue weighted by molar-refractivity contribution is -0.140. The Morgan fingerprint density at radius 1 is 0.541 bits per heavy atom. The first kappa shape index (κ1) is 53.4. The number of unbranched alkanes of at least 4 members (excludes halogenated alkanes) is 3. The third kappa shape index (κ3) is 11.6. The summed E-state index contributed by atoms with van der Waals surface area (Å²) in [5.41, 5.74) is 6.50. The molecular weight excluding hydrogens is 977 g/mol. The molecule has 0 bridgehead atoms. The molecule has 0 spiro atoms. The zero-order chi connectivity index (χ0) is 52.7. The molecule has 2 aliphatic heterocycles. The van der Waals surface area contributed by atoms with Crippen molar-refractivity contribution in [1.82, 2.24) is 9.15 Å². The Morgan fingerprint density at radius 3 is 1.38 bits per heavy atom. The van der Waals surface area contributed by atoms with Crippen LogP contribution in [0.3, 0.4) is 0 Å². The number of benzene rings is 6. The van der Waals surface area contributed by atoms with E-state index in [-0.39, 0.29) is 22.4 Å². The smallest absolute Gasteiger partial charge is 0.302 e. The zero-order valence-electron chi connectivity index (χ0n) is 43.0. The van der Waals surface area contributed by atoms with Crippen molar-refractivity contribution in [3.63, 3.8) is 0 Å². The van der Waals surface area contributed by atoms with Gasteiger partial charge in [-0.15, -0.1) is 0 Å². The lowest BCUT2D eigenvalue weighted by Gasteiger charge is -2.24. The number of hydrogen-bond acceptors (Lipinski definition) is 10. The Balaban J connectivity index is 1.06. The summed E-state index contributed by atoms with van der Waals surface area (Å²) in [7, 11) is -9.11. The molecule has 4 aromatic carbocycles. The molecule has 2 N–H and O–H groups in total. The van der Waals surface area contributed by atoms with Crippen molar-refractivity contribution in [3.05, 3.63) is 132 Å². The molecule has 16 heteroatoms. The van der Waals surface area contributed by atoms with E-state index in [1.54, 1.807) is 36.4 Å². The molecule has 2 heterocycles. The van der Waals surface area contributed by atoms with E-state index in [4.69, 9.17) is 13.6 Å². The number of anilines is 2. The summed E-state index contributed by atoms with van der Waals surface area (Å²) in [5, 5.41) is 3.38. The number of ether oxygens (including phenoxy) is 1. The highest BCUT2D eigenvalue weighted by atomic mass is 32.2. The number of carbonyl (C=O) groups is 1. The predicted octanol–water partition coefficient (Wildman–Crippen LogP) is 10.3. The highest BCUT2D eigenvalue weighted by Crippen LogP contribution is 2.44. The normalized spacial score (nSPS) is 12.9. The Hall–Kier alpha value is -6.85. The molecule has 0 aromatic heterocycles. The molecule has 14 nitrogen and oxygen atoms in total. The summed E-state index contributed by atoms with van der Waals surface area (Å²) in [6, 6.07) is 36.8. The lowest BCUT2D eigenvalue weighted by Crippen LogP contribution is -2.31. The second-order valence-corrected chi connectivity index (χ2v) is 21.1. The molecule has 8 rings (SSSR count). The first-order valence-corrected chi connectivity index (χ1v) is 28.4. The molecule has 0 saturated heterocycles. The number of fused-ring (bicyclic) bond motifs is 4. The molecule has 74 heavy (non-hydrogen) atoms. The fourth-order valence-electron chi connectivity index (χ4n) is 10.2. The third-order valence-electron chi connectivity index (χ3n) is 13.9. The molecule has 4 aliphatic rings. The number of likely N-dealkylation sites (N-methyl/N-ethyl adjacent to an activating group) is 1. The molecule has 0 unspecified atom stereocenters. The number of esters is 1. The minimum atomic E-state index is -4.58. The van der Waals surface area contributed by atoms with E-state index in [2.05, 4.69) is 52.7 Å². The minimum absolute atomic E-state index is 0.161. The number of nitrogens with zero attached hydrogens (tertiary/aromatic N) is 4. The average Bonchev–Trinajstić information content (AvgIpc) is 3.38. The van der Waals surface area contributed by atoms with Gasteiger partial charge in [0, 0.05) is 119 Å². The Labute approximate surface area is 433 Å². The van der Waals surface area contributed by atoms with Crippen LogP contribution < -0.4 is 29.7 Å². The van der Waals surface area contributed by atoms with Crippen molar-refractivity contribution in [2.75, 3.05) is 68.8 Å². The van der Waals surface area contributed by atoms with Crippen molar-refractivity contribution in [2.45, 2.75) is 77.0 Å². The maximum atomic E-state index is 12.8. The summed E-state index contributed by atoms with van der Waals surface area (Å²) in [4.78, 5) is 15.4. The number of hydrogen-bond donors (Lipinski definition) is 2. The van der Waals surface area contributed by atoms with Gasteiger partial charge in [0.05, 0.1) is 18.7 Å². The Morgan fingerprint density at radius 2 is 0.973 bits per heavy atom. The van der Waals surface area contributed by atoms with Crippen LogP contribution in [0, 0.1) is 0 Å². The van der Waals surface area contributed by atoms with Gasteiger partial charge < -0.3 is 23.4 Å². The standard InChI is InChI=1S/C58H64N4O10S2/c1-7-59(8-2)41-24-28-45-51(36-41)71-52-37-42(25-29-46(52)57(45)49-20-14-16-22-55(49)73(64,65)66)60(9-3)32-18-12-13-19-33-61(10-4)43-26-30-47-53(38-43)72-54-39-44(62(11-5)34-35-70-40(6)63)27-31-48(54)58(47)50-21-15-17-23-56(50)74(67,68)69/h14-17,20-31,36-39H,7-13,18-19,32-35H2,1-6H3/p+2. The van der Waals surface area contributed by atoms with Crippen LogP contribution in [0.25, 0.3) is 66.8 Å². The molecule has 4 aromatic rings. The molecule has 0 amide bonds. The summed E-state index contributed by atoms with van der Waals surface area (Å²) in [6.07, 6.45) is 3.93. The van der Waals surface area contributed by atoms with Crippen LogP contribution in [0.2, 0.25) is 0 Å². The Kier molecular flexibility index (Phi) is 16.7. The molecular formula is C58H66N4O10S2+2. The van der Waals surface area contributed by atoms with Crippen molar-refractivity contribution in [1.29, 1.82) is 0 Å². The van der Waals surface area contributed by atoms with Gasteiger partial charge in [-0.05, 0) is 96.0 Å². The summed E-state index contributed by atoms with van der Waals surface area (Å²) in [5.74, 6) is 0.823. The SMILES string of the molecule is CCN(CC)c1ccc2c(-c3ccccc3S(=O)(=O)O)c3ccc(=[N+](CC)CCCCCC[N+](CC)=c4ccc5c(-c6ccccc6S(=O)(=O)O)c6ccc(N(CC)CCOC(C)=O)cc6oc-5c4)cc-3oc2c1. The van der Waals surface area contributed by atoms with Crippen molar-refractivity contribution in [2.24, 2.45) is 0 Å². The molecule has 0 saturated carbocycles. The maximum absolute atomic E-state index is 12.8. The van der Waals surface area contributed by atoms with Crippen LogP contribution in [0.1, 0.15) is 67.2 Å². The largest absolute Gasteiger partial charge is 0.464 e. The van der Waals surface area contributed by atoms with E-state index in [1.807, 2.05) is 73.7 Å². The van der Waals surface area contributed by atoms with E-state index in [0.717, 1.165) is 98.0 Å². The second kappa shape index (κ2) is 23.1. The van der Waals surface area contributed by atoms with Gasteiger partial charge in [-0.25, -0.2) is 9.15 Å². The van der Waals surface area contributed by atoms with E-state index < -0.39 is 20.2 Å². The van der Waals surface area contributed by atoms with Crippen LogP contribution in [0.5, 0.6) is 0 Å². The topological polar surface area (TPSA) is 174 Å². The summed E-state index contributed by atoms with van der Waals surface area (Å²) in [6.45, 7) is 18.0. The highest BCUT2D eigenvalue weighted by Gasteiger charge is 2.27. The third-order valence-corrected chi connectivity index (χ3v) is 15.7. The van der Waals surface area contributed by atoms with Gasteiger partial charge in [0.15, 0.2) is 0 Å².